The van der Waals surface area contributed by atoms with Gasteiger partial charge in [-0.1, -0.05) is 24.3 Å². The van der Waals surface area contributed by atoms with E-state index in [4.69, 9.17) is 9.84 Å². The van der Waals surface area contributed by atoms with Crippen LogP contribution in [0.4, 0.5) is 13.2 Å². The number of carbonyl (C=O) groups is 1. The first-order valence-electron chi connectivity index (χ1n) is 5.97. The Labute approximate surface area is 118 Å². The molecule has 6 heteroatoms. The van der Waals surface area contributed by atoms with E-state index >= 15 is 0 Å². The molecule has 0 aliphatic rings. The van der Waals surface area contributed by atoms with E-state index < -0.39 is 29.0 Å². The Balaban J connectivity index is 2.60. The predicted molar refractivity (Wildman–Crippen MR) is 69.7 cm³/mol. The fourth-order valence-corrected chi connectivity index (χ4v) is 1.82. The Kier molecular flexibility index (Phi) is 3.88. The molecule has 0 aromatic heterocycles. The minimum atomic E-state index is -4.70. The maximum atomic E-state index is 13.0. The summed E-state index contributed by atoms with van der Waals surface area (Å²) in [5.74, 6) is -2.01. The van der Waals surface area contributed by atoms with Gasteiger partial charge in [0.1, 0.15) is 11.3 Å². The van der Waals surface area contributed by atoms with Gasteiger partial charge in [0.05, 0.1) is 5.56 Å². The molecular weight excluding hydrogens is 285 g/mol. The predicted octanol–water partition coefficient (Wildman–Crippen LogP) is 4.50. The average molecular weight is 296 g/mol. The van der Waals surface area contributed by atoms with E-state index in [0.29, 0.717) is 5.56 Å². The molecule has 0 heterocycles. The number of alkyl halides is 3. The van der Waals surface area contributed by atoms with Gasteiger partial charge in [-0.05, 0) is 30.7 Å². The van der Waals surface area contributed by atoms with E-state index in [1.165, 1.54) is 6.07 Å². The van der Waals surface area contributed by atoms with Crippen molar-refractivity contribution in [1.29, 1.82) is 0 Å². The first-order chi connectivity index (χ1) is 9.80. The molecule has 0 atom stereocenters. The molecule has 0 aliphatic carbocycles. The number of aromatic carboxylic acids is 1. The zero-order valence-electron chi connectivity index (χ0n) is 10.9. The molecule has 0 amide bonds. The lowest BCUT2D eigenvalue weighted by Gasteiger charge is -2.16. The second-order valence-corrected chi connectivity index (χ2v) is 4.35. The van der Waals surface area contributed by atoms with Crippen LogP contribution in [0.1, 0.15) is 21.5 Å². The highest BCUT2D eigenvalue weighted by Crippen LogP contribution is 2.40. The standard InChI is InChI=1S/C15H11F3O3/c1-9-5-2-3-8-12(9)21-13-10(14(19)20)6-4-7-11(13)15(16,17)18/h2-8H,1H3,(H,19,20). The Bertz CT molecular complexity index is 678. The second-order valence-electron chi connectivity index (χ2n) is 4.35. The van der Waals surface area contributed by atoms with Crippen LogP contribution in [0.25, 0.3) is 0 Å². The molecule has 110 valence electrons. The van der Waals surface area contributed by atoms with Crippen LogP contribution in [0.3, 0.4) is 0 Å². The number of para-hydroxylation sites is 2. The largest absolute Gasteiger partial charge is 0.478 e. The summed E-state index contributed by atoms with van der Waals surface area (Å²) in [6.45, 7) is 1.66. The Hall–Kier alpha value is -2.50. The Morgan fingerprint density at radius 3 is 2.33 bits per heavy atom. The number of benzene rings is 2. The van der Waals surface area contributed by atoms with Gasteiger partial charge < -0.3 is 9.84 Å². The summed E-state index contributed by atoms with van der Waals surface area (Å²) >= 11 is 0. The first-order valence-corrected chi connectivity index (χ1v) is 5.97. The van der Waals surface area contributed by atoms with E-state index in [1.54, 1.807) is 25.1 Å². The number of carboxylic acid groups (broad SMARTS) is 1. The minimum Gasteiger partial charge on any atom is -0.478 e. The molecular formula is C15H11F3O3. The molecule has 2 rings (SSSR count). The number of rotatable bonds is 3. The maximum absolute atomic E-state index is 13.0. The van der Waals surface area contributed by atoms with Crippen LogP contribution in [-0.4, -0.2) is 11.1 Å². The van der Waals surface area contributed by atoms with Gasteiger partial charge in [-0.15, -0.1) is 0 Å². The summed E-state index contributed by atoms with van der Waals surface area (Å²) < 4.78 is 44.3. The van der Waals surface area contributed by atoms with E-state index in [2.05, 4.69) is 0 Å². The first kappa shape index (κ1) is 14.9. The lowest BCUT2D eigenvalue weighted by Crippen LogP contribution is -2.11. The van der Waals surface area contributed by atoms with Gasteiger partial charge in [0.25, 0.3) is 0 Å². The van der Waals surface area contributed by atoms with Crippen LogP contribution in [-0.2, 0) is 6.18 Å². The van der Waals surface area contributed by atoms with E-state index in [0.717, 1.165) is 18.2 Å². The summed E-state index contributed by atoms with van der Waals surface area (Å²) in [5, 5.41) is 9.06. The summed E-state index contributed by atoms with van der Waals surface area (Å²) in [4.78, 5) is 11.1. The maximum Gasteiger partial charge on any atom is 0.420 e. The molecule has 0 unspecified atom stereocenters. The van der Waals surface area contributed by atoms with Gasteiger partial charge in [-0.3, -0.25) is 0 Å². The molecule has 1 N–H and O–H groups in total. The van der Waals surface area contributed by atoms with E-state index in [-0.39, 0.29) is 5.75 Å². The molecule has 0 bridgehead atoms. The third-order valence-electron chi connectivity index (χ3n) is 2.86. The number of halogens is 3. The molecule has 0 saturated heterocycles. The van der Waals surface area contributed by atoms with Gasteiger partial charge in [-0.25, -0.2) is 4.79 Å². The van der Waals surface area contributed by atoms with Crippen LogP contribution < -0.4 is 4.74 Å². The van der Waals surface area contributed by atoms with Gasteiger partial charge in [0, 0.05) is 0 Å². The number of ether oxygens (including phenoxy) is 1. The molecule has 2 aromatic rings. The van der Waals surface area contributed by atoms with E-state index in [9.17, 15) is 18.0 Å². The zero-order chi connectivity index (χ0) is 15.6. The number of aryl methyl sites for hydroxylation is 1. The molecule has 0 aliphatic heterocycles. The van der Waals surface area contributed by atoms with Crippen molar-refractivity contribution in [3.05, 3.63) is 59.2 Å². The third kappa shape index (κ3) is 3.16. The highest BCUT2D eigenvalue weighted by Gasteiger charge is 2.36. The normalized spacial score (nSPS) is 11.2. The molecule has 3 nitrogen and oxygen atoms in total. The monoisotopic (exact) mass is 296 g/mol. The highest BCUT2D eigenvalue weighted by atomic mass is 19.4. The van der Waals surface area contributed by atoms with Crippen LogP contribution in [0.15, 0.2) is 42.5 Å². The van der Waals surface area contributed by atoms with Crippen molar-refractivity contribution in [3.8, 4) is 11.5 Å². The van der Waals surface area contributed by atoms with Crippen molar-refractivity contribution >= 4 is 5.97 Å². The molecule has 21 heavy (non-hydrogen) atoms. The summed E-state index contributed by atoms with van der Waals surface area (Å²) in [6, 6.07) is 9.34. The molecule has 0 saturated carbocycles. The van der Waals surface area contributed by atoms with Crippen molar-refractivity contribution in [2.45, 2.75) is 13.1 Å². The van der Waals surface area contributed by atoms with E-state index in [1.807, 2.05) is 0 Å². The van der Waals surface area contributed by atoms with Crippen LogP contribution >= 0.6 is 0 Å². The molecule has 2 aromatic carbocycles. The lowest BCUT2D eigenvalue weighted by atomic mass is 10.1. The smallest absolute Gasteiger partial charge is 0.420 e. The Morgan fingerprint density at radius 1 is 1.10 bits per heavy atom. The van der Waals surface area contributed by atoms with Crippen molar-refractivity contribution < 1.29 is 27.8 Å². The second kappa shape index (κ2) is 5.47. The lowest BCUT2D eigenvalue weighted by molar-refractivity contribution is -0.138. The summed E-state index contributed by atoms with van der Waals surface area (Å²) in [7, 11) is 0. The van der Waals surface area contributed by atoms with Crippen molar-refractivity contribution in [2.75, 3.05) is 0 Å². The van der Waals surface area contributed by atoms with Crippen LogP contribution in [0, 0.1) is 6.92 Å². The Morgan fingerprint density at radius 2 is 1.76 bits per heavy atom. The zero-order valence-corrected chi connectivity index (χ0v) is 10.9. The highest BCUT2D eigenvalue weighted by molar-refractivity contribution is 5.91. The SMILES string of the molecule is Cc1ccccc1Oc1c(C(=O)O)cccc1C(F)(F)F. The topological polar surface area (TPSA) is 46.5 Å². The van der Waals surface area contributed by atoms with Gasteiger partial charge in [0.2, 0.25) is 0 Å². The quantitative estimate of drug-likeness (QED) is 0.906. The minimum absolute atomic E-state index is 0.178. The van der Waals surface area contributed by atoms with Gasteiger partial charge in [0.15, 0.2) is 5.75 Å². The molecule has 0 spiro atoms. The number of hydrogen-bond donors (Lipinski definition) is 1. The van der Waals surface area contributed by atoms with Crippen LogP contribution in [0.5, 0.6) is 11.5 Å². The summed E-state index contributed by atoms with van der Waals surface area (Å²) in [5.41, 5.74) is -1.05. The number of carboxylic acids is 1. The van der Waals surface area contributed by atoms with Crippen molar-refractivity contribution in [3.63, 3.8) is 0 Å². The summed E-state index contributed by atoms with van der Waals surface area (Å²) in [6.07, 6.45) is -4.70. The number of hydrogen-bond acceptors (Lipinski definition) is 2. The van der Waals surface area contributed by atoms with Gasteiger partial charge in [-0.2, -0.15) is 13.2 Å². The molecule has 0 radical (unpaired) electrons. The molecule has 0 fully saturated rings. The van der Waals surface area contributed by atoms with Crippen molar-refractivity contribution in [1.82, 2.24) is 0 Å². The van der Waals surface area contributed by atoms with Crippen molar-refractivity contribution in [2.24, 2.45) is 0 Å². The third-order valence-corrected chi connectivity index (χ3v) is 2.86. The van der Waals surface area contributed by atoms with Gasteiger partial charge >= 0.3 is 12.1 Å². The van der Waals surface area contributed by atoms with Crippen LogP contribution in [0.2, 0.25) is 0 Å². The average Bonchev–Trinajstić information content (AvgIpc) is 2.40. The fraction of sp³-hybridized carbons (Fsp3) is 0.133. The fourth-order valence-electron chi connectivity index (χ4n) is 1.82.